The van der Waals surface area contributed by atoms with Gasteiger partial charge in [0.05, 0.1) is 6.42 Å². The highest BCUT2D eigenvalue weighted by Gasteiger charge is 2.27. The van der Waals surface area contributed by atoms with E-state index in [0.717, 1.165) is 31.5 Å². The van der Waals surface area contributed by atoms with Crippen LogP contribution in [0.5, 0.6) is 0 Å². The molecule has 0 spiro atoms. The van der Waals surface area contributed by atoms with Crippen LogP contribution in [-0.2, 0) is 11.2 Å². The van der Waals surface area contributed by atoms with Crippen molar-refractivity contribution in [1.82, 2.24) is 15.0 Å². The van der Waals surface area contributed by atoms with Gasteiger partial charge in [0, 0.05) is 19.0 Å². The summed E-state index contributed by atoms with van der Waals surface area (Å²) >= 11 is 0. The number of aromatic nitrogens is 2. The number of nitrogens with zero attached hydrogens (tertiary/aromatic N) is 3. The van der Waals surface area contributed by atoms with Crippen LogP contribution in [0.2, 0.25) is 0 Å². The molecule has 1 aliphatic heterocycles. The Morgan fingerprint density at radius 1 is 1.04 bits per heavy atom. The van der Waals surface area contributed by atoms with Crippen LogP contribution in [0.15, 0.2) is 59.1 Å². The Labute approximate surface area is 159 Å². The summed E-state index contributed by atoms with van der Waals surface area (Å²) in [6.45, 7) is 3.31. The van der Waals surface area contributed by atoms with E-state index in [1.54, 1.807) is 0 Å². The van der Waals surface area contributed by atoms with Gasteiger partial charge >= 0.3 is 0 Å². The minimum atomic E-state index is 0.183. The third-order valence-electron chi connectivity index (χ3n) is 5.16. The van der Waals surface area contributed by atoms with Gasteiger partial charge in [-0.15, -0.1) is 0 Å². The summed E-state index contributed by atoms with van der Waals surface area (Å²) in [4.78, 5) is 18.9. The van der Waals surface area contributed by atoms with Crippen molar-refractivity contribution in [2.24, 2.45) is 0 Å². The van der Waals surface area contributed by atoms with Gasteiger partial charge in [0.25, 0.3) is 0 Å². The second-order valence-corrected chi connectivity index (χ2v) is 7.07. The third kappa shape index (κ3) is 4.08. The molecule has 2 heterocycles. The van der Waals surface area contributed by atoms with Crippen molar-refractivity contribution in [3.8, 4) is 11.1 Å². The van der Waals surface area contributed by atoms with E-state index in [1.807, 2.05) is 42.2 Å². The van der Waals surface area contributed by atoms with Crippen LogP contribution in [-0.4, -0.2) is 34.0 Å². The number of amides is 1. The molecule has 3 aromatic rings. The van der Waals surface area contributed by atoms with Crippen molar-refractivity contribution < 1.29 is 9.32 Å². The lowest BCUT2D eigenvalue weighted by molar-refractivity contribution is -0.131. The van der Waals surface area contributed by atoms with Crippen molar-refractivity contribution in [2.45, 2.75) is 32.1 Å². The molecule has 0 saturated carbocycles. The SMILES string of the molecule is Cc1noc(C2CCN(C(=O)Cc3ccc(-c4ccccc4)cc3)CC2)n1. The molecule has 2 aromatic carbocycles. The zero-order valence-electron chi connectivity index (χ0n) is 15.5. The summed E-state index contributed by atoms with van der Waals surface area (Å²) in [5.41, 5.74) is 3.41. The highest BCUT2D eigenvalue weighted by atomic mass is 16.5. The van der Waals surface area contributed by atoms with Crippen LogP contribution >= 0.6 is 0 Å². The largest absolute Gasteiger partial charge is 0.342 e. The van der Waals surface area contributed by atoms with Gasteiger partial charge in [-0.2, -0.15) is 4.98 Å². The number of carbonyl (C=O) groups is 1. The summed E-state index contributed by atoms with van der Waals surface area (Å²) in [5, 5.41) is 3.86. The summed E-state index contributed by atoms with van der Waals surface area (Å²) in [7, 11) is 0. The molecule has 0 bridgehead atoms. The molecule has 5 nitrogen and oxygen atoms in total. The number of likely N-dealkylation sites (tertiary alicyclic amines) is 1. The number of rotatable bonds is 4. The Morgan fingerprint density at radius 3 is 2.33 bits per heavy atom. The maximum atomic E-state index is 12.6. The zero-order valence-corrected chi connectivity index (χ0v) is 15.5. The monoisotopic (exact) mass is 361 g/mol. The molecule has 1 saturated heterocycles. The first-order valence-corrected chi connectivity index (χ1v) is 9.41. The Kier molecular flexibility index (Phi) is 5.01. The van der Waals surface area contributed by atoms with Crippen molar-refractivity contribution in [1.29, 1.82) is 0 Å². The van der Waals surface area contributed by atoms with Crippen LogP contribution in [0.1, 0.15) is 36.0 Å². The molecule has 1 aromatic heterocycles. The first-order valence-electron chi connectivity index (χ1n) is 9.41. The molecular weight excluding hydrogens is 338 g/mol. The Hall–Kier alpha value is -2.95. The molecule has 5 heteroatoms. The average Bonchev–Trinajstić information content (AvgIpc) is 3.16. The highest BCUT2D eigenvalue weighted by molar-refractivity contribution is 5.79. The fraction of sp³-hybridized carbons (Fsp3) is 0.318. The van der Waals surface area contributed by atoms with Gasteiger partial charge in [-0.05, 0) is 36.5 Å². The lowest BCUT2D eigenvalue weighted by atomic mass is 9.96. The smallest absolute Gasteiger partial charge is 0.229 e. The topological polar surface area (TPSA) is 59.2 Å². The van der Waals surface area contributed by atoms with E-state index in [1.165, 1.54) is 11.1 Å². The zero-order chi connectivity index (χ0) is 18.6. The summed E-state index contributed by atoms with van der Waals surface area (Å²) < 4.78 is 5.28. The maximum Gasteiger partial charge on any atom is 0.229 e. The van der Waals surface area contributed by atoms with E-state index in [-0.39, 0.29) is 11.8 Å². The normalized spacial score (nSPS) is 15.1. The van der Waals surface area contributed by atoms with Gasteiger partial charge in [0.15, 0.2) is 5.82 Å². The quantitative estimate of drug-likeness (QED) is 0.705. The molecule has 1 amide bonds. The second-order valence-electron chi connectivity index (χ2n) is 7.07. The van der Waals surface area contributed by atoms with Crippen LogP contribution in [0.3, 0.4) is 0 Å². The van der Waals surface area contributed by atoms with Crippen LogP contribution in [0.25, 0.3) is 11.1 Å². The van der Waals surface area contributed by atoms with Gasteiger partial charge in [-0.1, -0.05) is 59.8 Å². The second kappa shape index (κ2) is 7.74. The molecule has 1 fully saturated rings. The molecule has 0 radical (unpaired) electrons. The lowest BCUT2D eigenvalue weighted by Gasteiger charge is -2.30. The van der Waals surface area contributed by atoms with Gasteiger partial charge in [-0.3, -0.25) is 4.79 Å². The number of hydrogen-bond acceptors (Lipinski definition) is 4. The van der Waals surface area contributed by atoms with Gasteiger partial charge in [0.1, 0.15) is 0 Å². The fourth-order valence-electron chi connectivity index (χ4n) is 3.59. The summed E-state index contributed by atoms with van der Waals surface area (Å²) in [6.07, 6.45) is 2.19. The molecule has 0 N–H and O–H groups in total. The van der Waals surface area contributed by atoms with Gasteiger partial charge in [-0.25, -0.2) is 0 Å². The molecule has 4 rings (SSSR count). The minimum absolute atomic E-state index is 0.183. The van der Waals surface area contributed by atoms with E-state index in [2.05, 4.69) is 34.4 Å². The Balaban J connectivity index is 1.33. The molecule has 0 aliphatic carbocycles. The number of aryl methyl sites for hydroxylation is 1. The summed E-state index contributed by atoms with van der Waals surface area (Å²) in [5.74, 6) is 1.82. The van der Waals surface area contributed by atoms with E-state index in [9.17, 15) is 4.79 Å². The molecular formula is C22H23N3O2. The van der Waals surface area contributed by atoms with Crippen molar-refractivity contribution in [3.05, 3.63) is 71.9 Å². The number of carbonyl (C=O) groups excluding carboxylic acids is 1. The summed E-state index contributed by atoms with van der Waals surface area (Å²) in [6, 6.07) is 18.5. The number of hydrogen-bond donors (Lipinski definition) is 0. The van der Waals surface area contributed by atoms with E-state index < -0.39 is 0 Å². The molecule has 0 atom stereocenters. The first-order chi connectivity index (χ1) is 13.2. The van der Waals surface area contributed by atoms with Crippen LogP contribution in [0, 0.1) is 6.92 Å². The predicted molar refractivity (Wildman–Crippen MR) is 103 cm³/mol. The first kappa shape index (κ1) is 17.5. The predicted octanol–water partition coefficient (Wildman–Crippen LogP) is 3.99. The number of piperidine rings is 1. The lowest BCUT2D eigenvalue weighted by Crippen LogP contribution is -2.38. The molecule has 138 valence electrons. The van der Waals surface area contributed by atoms with Crippen LogP contribution < -0.4 is 0 Å². The van der Waals surface area contributed by atoms with E-state index >= 15 is 0 Å². The Morgan fingerprint density at radius 2 is 1.70 bits per heavy atom. The van der Waals surface area contributed by atoms with E-state index in [4.69, 9.17) is 4.52 Å². The number of benzene rings is 2. The van der Waals surface area contributed by atoms with Crippen molar-refractivity contribution in [2.75, 3.05) is 13.1 Å². The average molecular weight is 361 g/mol. The van der Waals surface area contributed by atoms with Crippen LogP contribution in [0.4, 0.5) is 0 Å². The molecule has 1 aliphatic rings. The highest BCUT2D eigenvalue weighted by Crippen LogP contribution is 2.27. The molecule has 27 heavy (non-hydrogen) atoms. The third-order valence-corrected chi connectivity index (χ3v) is 5.16. The van der Waals surface area contributed by atoms with Crippen molar-refractivity contribution in [3.63, 3.8) is 0 Å². The standard InChI is InChI=1S/C22H23N3O2/c1-16-23-22(27-24-16)20-11-13-25(14-12-20)21(26)15-17-7-9-19(10-8-17)18-5-3-2-4-6-18/h2-10,20H,11-15H2,1H3. The minimum Gasteiger partial charge on any atom is -0.342 e. The van der Waals surface area contributed by atoms with Gasteiger partial charge in [0.2, 0.25) is 11.8 Å². The maximum absolute atomic E-state index is 12.6. The van der Waals surface area contributed by atoms with Crippen molar-refractivity contribution >= 4 is 5.91 Å². The Bertz CT molecular complexity index is 895. The van der Waals surface area contributed by atoms with E-state index in [0.29, 0.717) is 18.1 Å². The molecule has 0 unspecified atom stereocenters. The fourth-order valence-corrected chi connectivity index (χ4v) is 3.59. The van der Waals surface area contributed by atoms with Gasteiger partial charge < -0.3 is 9.42 Å².